The number of hydrogen-bond donors (Lipinski definition) is 0. The number of hydrogen-bond acceptors (Lipinski definition) is 2. The van der Waals surface area contributed by atoms with E-state index >= 15 is 0 Å². The van der Waals surface area contributed by atoms with Gasteiger partial charge in [0.05, 0.1) is 11.6 Å². The summed E-state index contributed by atoms with van der Waals surface area (Å²) < 4.78 is 0. The van der Waals surface area contributed by atoms with E-state index in [1.807, 2.05) is 48.5 Å². The molecule has 3 aromatic rings. The lowest BCUT2D eigenvalue weighted by molar-refractivity contribution is 0.104. The minimum absolute atomic E-state index is 0.0424. The molecule has 0 aliphatic heterocycles. The van der Waals surface area contributed by atoms with Gasteiger partial charge in [0.2, 0.25) is 0 Å². The third-order valence-corrected chi connectivity index (χ3v) is 3.50. The highest BCUT2D eigenvalue weighted by atomic mass is 16.1. The van der Waals surface area contributed by atoms with Crippen LogP contribution in [0.15, 0.2) is 72.8 Å². The predicted octanol–water partition coefficient (Wildman–Crippen LogP) is 4.61. The molecule has 104 valence electrons. The molecule has 2 heteroatoms. The van der Waals surface area contributed by atoms with E-state index in [1.165, 1.54) is 0 Å². The normalized spacial score (nSPS) is 10.7. The van der Waals surface area contributed by atoms with Crippen LogP contribution < -0.4 is 0 Å². The molecule has 0 aliphatic rings. The fourth-order valence-corrected chi connectivity index (χ4v) is 2.41. The van der Waals surface area contributed by atoms with E-state index in [1.54, 1.807) is 30.4 Å². The van der Waals surface area contributed by atoms with Gasteiger partial charge in [0.25, 0.3) is 0 Å². The van der Waals surface area contributed by atoms with E-state index < -0.39 is 0 Å². The molecule has 0 fully saturated rings. The van der Waals surface area contributed by atoms with Crippen molar-refractivity contribution in [2.24, 2.45) is 0 Å². The Morgan fingerprint density at radius 2 is 1.73 bits per heavy atom. The molecular weight excluding hydrogens is 270 g/mol. The molecule has 0 N–H and O–H groups in total. The van der Waals surface area contributed by atoms with E-state index in [9.17, 15) is 4.79 Å². The highest BCUT2D eigenvalue weighted by molar-refractivity contribution is 6.14. The minimum atomic E-state index is -0.0424. The number of carbonyl (C=O) groups excluding carboxylic acids is 1. The average Bonchev–Trinajstić information content (AvgIpc) is 2.59. The van der Waals surface area contributed by atoms with E-state index in [2.05, 4.69) is 6.07 Å². The van der Waals surface area contributed by atoms with Gasteiger partial charge in [0, 0.05) is 5.56 Å². The van der Waals surface area contributed by atoms with Gasteiger partial charge in [0.15, 0.2) is 5.78 Å². The molecule has 0 radical (unpaired) electrons. The lowest BCUT2D eigenvalue weighted by Gasteiger charge is -2.02. The summed E-state index contributed by atoms with van der Waals surface area (Å²) in [5, 5.41) is 10.9. The number of fused-ring (bicyclic) bond motifs is 1. The molecule has 0 heterocycles. The third kappa shape index (κ3) is 2.79. The van der Waals surface area contributed by atoms with Gasteiger partial charge in [0.1, 0.15) is 0 Å². The molecule has 0 aromatic heterocycles. The Kier molecular flexibility index (Phi) is 3.80. The van der Waals surface area contributed by atoms with Gasteiger partial charge in [-0.25, -0.2) is 0 Å². The van der Waals surface area contributed by atoms with Gasteiger partial charge in [-0.3, -0.25) is 4.79 Å². The summed E-state index contributed by atoms with van der Waals surface area (Å²) in [6.45, 7) is 0. The van der Waals surface area contributed by atoms with Crippen LogP contribution in [0.1, 0.15) is 21.5 Å². The highest BCUT2D eigenvalue weighted by Gasteiger charge is 2.06. The van der Waals surface area contributed by atoms with Crippen molar-refractivity contribution in [2.75, 3.05) is 0 Å². The highest BCUT2D eigenvalue weighted by Crippen LogP contribution is 2.19. The van der Waals surface area contributed by atoms with Crippen LogP contribution in [0.25, 0.3) is 16.8 Å². The maximum atomic E-state index is 12.4. The molecule has 2 nitrogen and oxygen atoms in total. The fraction of sp³-hybridized carbons (Fsp3) is 0. The van der Waals surface area contributed by atoms with E-state index in [4.69, 9.17) is 5.26 Å². The Labute approximate surface area is 128 Å². The van der Waals surface area contributed by atoms with E-state index in [0.717, 1.165) is 16.3 Å². The summed E-state index contributed by atoms with van der Waals surface area (Å²) in [6, 6.07) is 22.8. The standard InChI is InChI=1S/C20H13NO/c21-14-16-6-3-5-15(13-16)11-12-20(22)19-10-4-8-17-7-1-2-9-18(17)19/h1-13H. The maximum Gasteiger partial charge on any atom is 0.186 e. The lowest BCUT2D eigenvalue weighted by atomic mass is 10.0. The first kappa shape index (κ1) is 13.8. The topological polar surface area (TPSA) is 40.9 Å². The van der Waals surface area contributed by atoms with Crippen LogP contribution in [0, 0.1) is 11.3 Å². The quantitative estimate of drug-likeness (QED) is 0.520. The first-order valence-electron chi connectivity index (χ1n) is 6.98. The number of carbonyl (C=O) groups is 1. The second-order valence-electron chi connectivity index (χ2n) is 4.96. The van der Waals surface area contributed by atoms with Crippen LogP contribution in [0.3, 0.4) is 0 Å². The van der Waals surface area contributed by atoms with Crippen LogP contribution in [-0.2, 0) is 0 Å². The van der Waals surface area contributed by atoms with Crippen molar-refractivity contribution >= 4 is 22.6 Å². The van der Waals surface area contributed by atoms with Crippen molar-refractivity contribution in [2.45, 2.75) is 0 Å². The van der Waals surface area contributed by atoms with Crippen LogP contribution in [0.2, 0.25) is 0 Å². The van der Waals surface area contributed by atoms with Crippen LogP contribution in [-0.4, -0.2) is 5.78 Å². The van der Waals surface area contributed by atoms with E-state index in [0.29, 0.717) is 11.1 Å². The van der Waals surface area contributed by atoms with Gasteiger partial charge in [-0.1, -0.05) is 60.7 Å². The number of ketones is 1. The molecule has 0 aliphatic carbocycles. The predicted molar refractivity (Wildman–Crippen MR) is 88.5 cm³/mol. The zero-order valence-corrected chi connectivity index (χ0v) is 11.9. The first-order valence-corrected chi connectivity index (χ1v) is 6.98. The molecule has 0 spiro atoms. The number of benzene rings is 3. The van der Waals surface area contributed by atoms with Crippen LogP contribution in [0.4, 0.5) is 0 Å². The molecule has 0 saturated heterocycles. The van der Waals surface area contributed by atoms with Crippen molar-refractivity contribution < 1.29 is 4.79 Å². The molecule has 0 amide bonds. The first-order chi connectivity index (χ1) is 10.8. The number of allylic oxidation sites excluding steroid dienone is 1. The minimum Gasteiger partial charge on any atom is -0.289 e. The van der Waals surface area contributed by atoms with Gasteiger partial charge < -0.3 is 0 Å². The zero-order chi connectivity index (χ0) is 15.4. The van der Waals surface area contributed by atoms with Crippen molar-refractivity contribution in [3.8, 4) is 6.07 Å². The summed E-state index contributed by atoms with van der Waals surface area (Å²) in [7, 11) is 0. The second kappa shape index (κ2) is 6.07. The Hall–Kier alpha value is -3.18. The molecule has 22 heavy (non-hydrogen) atoms. The smallest absolute Gasteiger partial charge is 0.186 e. The maximum absolute atomic E-state index is 12.4. The van der Waals surface area contributed by atoms with Crippen molar-refractivity contribution in [3.05, 3.63) is 89.5 Å². The summed E-state index contributed by atoms with van der Waals surface area (Å²) in [5.74, 6) is -0.0424. The van der Waals surface area contributed by atoms with Crippen molar-refractivity contribution in [1.29, 1.82) is 5.26 Å². The Bertz CT molecular complexity index is 911. The molecule has 0 bridgehead atoms. The second-order valence-corrected chi connectivity index (χ2v) is 4.96. The Balaban J connectivity index is 1.93. The Morgan fingerprint density at radius 3 is 2.59 bits per heavy atom. The Morgan fingerprint density at radius 1 is 0.955 bits per heavy atom. The number of nitriles is 1. The molecule has 0 saturated carbocycles. The largest absolute Gasteiger partial charge is 0.289 e. The fourth-order valence-electron chi connectivity index (χ4n) is 2.41. The number of rotatable bonds is 3. The van der Waals surface area contributed by atoms with E-state index in [-0.39, 0.29) is 5.78 Å². The monoisotopic (exact) mass is 283 g/mol. The molecule has 3 aromatic carbocycles. The van der Waals surface area contributed by atoms with Crippen LogP contribution in [0.5, 0.6) is 0 Å². The van der Waals surface area contributed by atoms with Crippen molar-refractivity contribution in [3.63, 3.8) is 0 Å². The summed E-state index contributed by atoms with van der Waals surface area (Å²) in [5.41, 5.74) is 2.11. The summed E-state index contributed by atoms with van der Waals surface area (Å²) >= 11 is 0. The van der Waals surface area contributed by atoms with Gasteiger partial charge in [-0.05, 0) is 34.5 Å². The molecule has 0 atom stereocenters. The molecule has 3 rings (SSSR count). The zero-order valence-electron chi connectivity index (χ0n) is 11.9. The average molecular weight is 283 g/mol. The summed E-state index contributed by atoms with van der Waals surface area (Å²) in [4.78, 5) is 12.4. The lowest BCUT2D eigenvalue weighted by Crippen LogP contribution is -1.95. The number of nitrogens with zero attached hydrogens (tertiary/aromatic N) is 1. The van der Waals surface area contributed by atoms with Crippen molar-refractivity contribution in [1.82, 2.24) is 0 Å². The molecule has 0 unspecified atom stereocenters. The summed E-state index contributed by atoms with van der Waals surface area (Å²) in [6.07, 6.45) is 3.29. The van der Waals surface area contributed by atoms with Gasteiger partial charge in [-0.15, -0.1) is 0 Å². The van der Waals surface area contributed by atoms with Crippen LogP contribution >= 0.6 is 0 Å². The van der Waals surface area contributed by atoms with Gasteiger partial charge >= 0.3 is 0 Å². The third-order valence-electron chi connectivity index (χ3n) is 3.50. The molecular formula is C20H13NO. The van der Waals surface area contributed by atoms with Gasteiger partial charge in [-0.2, -0.15) is 5.26 Å². The SMILES string of the molecule is N#Cc1cccc(C=CC(=O)c2cccc3ccccc23)c1.